The van der Waals surface area contributed by atoms with Gasteiger partial charge in [-0.05, 0) is 42.3 Å². The summed E-state index contributed by atoms with van der Waals surface area (Å²) < 4.78 is 17.7. The van der Waals surface area contributed by atoms with E-state index < -0.39 is 0 Å². The molecule has 170 valence electrons. The van der Waals surface area contributed by atoms with E-state index in [0.717, 1.165) is 22.2 Å². The number of ether oxygens (including phenoxy) is 3. The fraction of sp³-hybridized carbons (Fsp3) is 0.240. The predicted octanol–water partition coefficient (Wildman–Crippen LogP) is 3.48. The quantitative estimate of drug-likeness (QED) is 0.424. The Balaban J connectivity index is 1.48. The molecule has 4 aromatic rings. The minimum atomic E-state index is -0.0960. The van der Waals surface area contributed by atoms with Crippen LogP contribution in [0.15, 0.2) is 60.8 Å². The van der Waals surface area contributed by atoms with Gasteiger partial charge >= 0.3 is 0 Å². The molecule has 0 aliphatic rings. The van der Waals surface area contributed by atoms with Gasteiger partial charge in [0.25, 0.3) is 0 Å². The van der Waals surface area contributed by atoms with Crippen LogP contribution in [0.25, 0.3) is 22.4 Å². The molecule has 0 saturated heterocycles. The summed E-state index contributed by atoms with van der Waals surface area (Å²) in [5, 5.41) is 3.00. The van der Waals surface area contributed by atoms with Crippen LogP contribution in [-0.2, 0) is 17.8 Å². The van der Waals surface area contributed by atoms with Crippen molar-refractivity contribution >= 4 is 16.9 Å². The van der Waals surface area contributed by atoms with Crippen molar-refractivity contribution in [2.45, 2.75) is 13.0 Å². The van der Waals surface area contributed by atoms with Gasteiger partial charge in [-0.15, -0.1) is 0 Å². The average Bonchev–Trinajstić information content (AvgIpc) is 3.22. The largest absolute Gasteiger partial charge is 0.493 e. The van der Waals surface area contributed by atoms with E-state index in [0.29, 0.717) is 36.2 Å². The van der Waals surface area contributed by atoms with Crippen LogP contribution in [0.5, 0.6) is 17.4 Å². The number of rotatable bonds is 9. The average molecular weight is 447 g/mol. The molecule has 1 amide bonds. The lowest BCUT2D eigenvalue weighted by atomic mass is 10.1. The van der Waals surface area contributed by atoms with Crippen molar-refractivity contribution in [3.8, 4) is 28.8 Å². The third-order valence-electron chi connectivity index (χ3n) is 5.34. The number of fused-ring (bicyclic) bond motifs is 1. The van der Waals surface area contributed by atoms with Crippen LogP contribution in [-0.4, -0.2) is 48.3 Å². The monoisotopic (exact) mass is 446 g/mol. The minimum absolute atomic E-state index is 0.0960. The van der Waals surface area contributed by atoms with E-state index in [1.807, 2.05) is 53.1 Å². The van der Waals surface area contributed by atoms with Crippen molar-refractivity contribution in [1.82, 2.24) is 19.9 Å². The Labute approximate surface area is 192 Å². The van der Waals surface area contributed by atoms with Crippen molar-refractivity contribution in [2.75, 3.05) is 27.9 Å². The second kappa shape index (κ2) is 10.0. The van der Waals surface area contributed by atoms with E-state index in [1.165, 1.54) is 0 Å². The number of nitrogens with one attached hydrogen (secondary N) is 1. The summed E-state index contributed by atoms with van der Waals surface area (Å²) in [6, 6.07) is 17.2. The first-order valence-corrected chi connectivity index (χ1v) is 10.6. The van der Waals surface area contributed by atoms with Gasteiger partial charge in [-0.1, -0.05) is 18.2 Å². The summed E-state index contributed by atoms with van der Waals surface area (Å²) in [5.74, 6) is 2.46. The van der Waals surface area contributed by atoms with Crippen LogP contribution >= 0.6 is 0 Å². The van der Waals surface area contributed by atoms with Gasteiger partial charge in [0.2, 0.25) is 11.8 Å². The van der Waals surface area contributed by atoms with Crippen LogP contribution in [0.2, 0.25) is 0 Å². The summed E-state index contributed by atoms with van der Waals surface area (Å²) in [6.07, 6.45) is 2.37. The van der Waals surface area contributed by atoms with Crippen LogP contribution in [0.3, 0.4) is 0 Å². The van der Waals surface area contributed by atoms with E-state index in [2.05, 4.69) is 10.3 Å². The summed E-state index contributed by atoms with van der Waals surface area (Å²) in [7, 11) is 4.78. The maximum absolute atomic E-state index is 12.8. The smallest absolute Gasteiger partial charge is 0.240 e. The first kappa shape index (κ1) is 22.1. The number of hydrogen-bond donors (Lipinski definition) is 1. The second-order valence-electron chi connectivity index (χ2n) is 7.39. The molecule has 0 radical (unpaired) electrons. The maximum atomic E-state index is 12.8. The molecule has 0 aliphatic carbocycles. The molecule has 0 saturated carbocycles. The highest BCUT2D eigenvalue weighted by atomic mass is 16.5. The number of hydrogen-bond acceptors (Lipinski definition) is 6. The van der Waals surface area contributed by atoms with Crippen molar-refractivity contribution in [1.29, 1.82) is 0 Å². The number of imidazole rings is 1. The van der Waals surface area contributed by atoms with Crippen LogP contribution in [0.1, 0.15) is 5.56 Å². The van der Waals surface area contributed by atoms with Crippen LogP contribution in [0.4, 0.5) is 0 Å². The number of pyridine rings is 1. The molecule has 33 heavy (non-hydrogen) atoms. The maximum Gasteiger partial charge on any atom is 0.240 e. The highest BCUT2D eigenvalue weighted by Crippen LogP contribution is 2.28. The Morgan fingerprint density at radius 2 is 1.79 bits per heavy atom. The standard InChI is InChI=1S/C25H26N4O4/c1-31-21-10-8-17(14-22(21)32-2)12-13-26-23(30)16-29-20-7-5-4-6-19(20)28-25(29)18-9-11-24(33-3)27-15-18/h4-11,14-15H,12-13,16H2,1-3H3,(H,26,30). The van der Waals surface area contributed by atoms with Gasteiger partial charge < -0.3 is 24.1 Å². The minimum Gasteiger partial charge on any atom is -0.493 e. The highest BCUT2D eigenvalue weighted by molar-refractivity contribution is 5.84. The number of benzene rings is 2. The van der Waals surface area contributed by atoms with Gasteiger partial charge in [-0.2, -0.15) is 0 Å². The lowest BCUT2D eigenvalue weighted by Crippen LogP contribution is -2.29. The molecule has 0 bridgehead atoms. The number of para-hydroxylation sites is 2. The Morgan fingerprint density at radius 1 is 0.970 bits per heavy atom. The van der Waals surface area contributed by atoms with Gasteiger partial charge in [0.15, 0.2) is 11.5 Å². The third kappa shape index (κ3) is 4.90. The Kier molecular flexibility index (Phi) is 6.73. The normalized spacial score (nSPS) is 10.8. The molecule has 0 unspecified atom stereocenters. The zero-order chi connectivity index (χ0) is 23.2. The van der Waals surface area contributed by atoms with E-state index in [1.54, 1.807) is 33.6 Å². The van der Waals surface area contributed by atoms with Crippen molar-refractivity contribution in [2.24, 2.45) is 0 Å². The number of amides is 1. The number of nitrogens with zero attached hydrogens (tertiary/aromatic N) is 3. The Morgan fingerprint density at radius 3 is 2.52 bits per heavy atom. The molecule has 0 atom stereocenters. The Hall–Kier alpha value is -4.07. The summed E-state index contributed by atoms with van der Waals surface area (Å²) in [6.45, 7) is 0.647. The van der Waals surface area contributed by atoms with E-state index in [4.69, 9.17) is 19.2 Å². The number of aromatic nitrogens is 3. The molecule has 0 fully saturated rings. The fourth-order valence-electron chi connectivity index (χ4n) is 3.67. The molecule has 8 heteroatoms. The zero-order valence-electron chi connectivity index (χ0n) is 18.9. The molecule has 8 nitrogen and oxygen atoms in total. The summed E-state index contributed by atoms with van der Waals surface area (Å²) in [4.78, 5) is 21.8. The highest BCUT2D eigenvalue weighted by Gasteiger charge is 2.15. The zero-order valence-corrected chi connectivity index (χ0v) is 18.9. The molecule has 0 spiro atoms. The third-order valence-corrected chi connectivity index (χ3v) is 5.34. The lowest BCUT2D eigenvalue weighted by molar-refractivity contribution is -0.121. The summed E-state index contributed by atoms with van der Waals surface area (Å²) in [5.41, 5.74) is 3.57. The number of carbonyl (C=O) groups is 1. The molecule has 2 heterocycles. The predicted molar refractivity (Wildman–Crippen MR) is 126 cm³/mol. The molecule has 4 rings (SSSR count). The molecule has 1 N–H and O–H groups in total. The van der Waals surface area contributed by atoms with Crippen molar-refractivity contribution < 1.29 is 19.0 Å². The fourth-order valence-corrected chi connectivity index (χ4v) is 3.67. The van der Waals surface area contributed by atoms with Crippen LogP contribution in [0, 0.1) is 0 Å². The first-order valence-electron chi connectivity index (χ1n) is 10.6. The van der Waals surface area contributed by atoms with Gasteiger partial charge in [-0.25, -0.2) is 9.97 Å². The first-order chi connectivity index (χ1) is 16.1. The molecule has 2 aromatic carbocycles. The number of methoxy groups -OCH3 is 3. The second-order valence-corrected chi connectivity index (χ2v) is 7.39. The molecular formula is C25H26N4O4. The Bertz CT molecular complexity index is 1250. The van der Waals surface area contributed by atoms with E-state index in [-0.39, 0.29) is 12.5 Å². The van der Waals surface area contributed by atoms with Gasteiger partial charge in [-0.3, -0.25) is 4.79 Å². The lowest BCUT2D eigenvalue weighted by Gasteiger charge is -2.12. The molecule has 2 aromatic heterocycles. The molecular weight excluding hydrogens is 420 g/mol. The summed E-state index contributed by atoms with van der Waals surface area (Å²) >= 11 is 0. The molecule has 0 aliphatic heterocycles. The van der Waals surface area contributed by atoms with Gasteiger partial charge in [0.05, 0.1) is 32.4 Å². The van der Waals surface area contributed by atoms with E-state index >= 15 is 0 Å². The van der Waals surface area contributed by atoms with E-state index in [9.17, 15) is 4.79 Å². The van der Waals surface area contributed by atoms with Crippen molar-refractivity contribution in [3.63, 3.8) is 0 Å². The van der Waals surface area contributed by atoms with Gasteiger partial charge in [0.1, 0.15) is 12.4 Å². The number of carbonyl (C=O) groups excluding carboxylic acids is 1. The topological polar surface area (TPSA) is 87.5 Å². The SMILES string of the molecule is COc1ccc(-c2nc3ccccc3n2CC(=O)NCCc2ccc(OC)c(OC)c2)cn1. The van der Waals surface area contributed by atoms with Crippen molar-refractivity contribution in [3.05, 3.63) is 66.4 Å². The van der Waals surface area contributed by atoms with Gasteiger partial charge in [0, 0.05) is 24.4 Å². The van der Waals surface area contributed by atoms with Crippen LogP contribution < -0.4 is 19.5 Å².